The van der Waals surface area contributed by atoms with Crippen LogP contribution in [0.15, 0.2) is 22.7 Å². The molecular weight excluding hydrogens is 204 g/mol. The molecule has 82 valence electrons. The summed E-state index contributed by atoms with van der Waals surface area (Å²) in [5.41, 5.74) is 1.67. The summed E-state index contributed by atoms with van der Waals surface area (Å²) in [5, 5.41) is 13.7. The second-order valence-electron chi connectivity index (χ2n) is 4.25. The molecule has 0 atom stereocenters. The average Bonchev–Trinajstić information content (AvgIpc) is 3.01. The number of aromatic nitrogens is 2. The molecule has 1 aliphatic carbocycles. The second-order valence-corrected chi connectivity index (χ2v) is 4.25. The fourth-order valence-electron chi connectivity index (χ4n) is 1.67. The van der Waals surface area contributed by atoms with E-state index in [2.05, 4.69) is 10.1 Å². The van der Waals surface area contributed by atoms with E-state index in [0.717, 1.165) is 24.2 Å². The van der Waals surface area contributed by atoms with Crippen molar-refractivity contribution in [3.05, 3.63) is 29.6 Å². The molecule has 16 heavy (non-hydrogen) atoms. The Morgan fingerprint density at radius 3 is 2.94 bits per heavy atom. The van der Waals surface area contributed by atoms with Crippen LogP contribution in [0.3, 0.4) is 0 Å². The summed E-state index contributed by atoms with van der Waals surface area (Å²) in [5.74, 6) is 1.81. The molecule has 1 heterocycles. The van der Waals surface area contributed by atoms with Gasteiger partial charge >= 0.3 is 0 Å². The van der Waals surface area contributed by atoms with Crippen molar-refractivity contribution < 1.29 is 9.63 Å². The van der Waals surface area contributed by atoms with Crippen LogP contribution in [0.1, 0.15) is 30.1 Å². The first-order valence-corrected chi connectivity index (χ1v) is 5.37. The highest BCUT2D eigenvalue weighted by molar-refractivity contribution is 5.63. The molecule has 1 aromatic heterocycles. The largest absolute Gasteiger partial charge is 0.507 e. The Hall–Kier alpha value is -1.84. The molecule has 4 nitrogen and oxygen atoms in total. The standard InChI is InChI=1S/C12H12N2O2/c1-7-2-5-10(15)9(6-7)12-13-11(14-16-12)8-3-4-8/h2,5-6,8,15H,3-4H2,1H3. The van der Waals surface area contributed by atoms with E-state index in [0.29, 0.717) is 17.4 Å². The molecule has 0 amide bonds. The van der Waals surface area contributed by atoms with Crippen molar-refractivity contribution in [1.82, 2.24) is 10.1 Å². The van der Waals surface area contributed by atoms with Crippen LogP contribution in [0.4, 0.5) is 0 Å². The van der Waals surface area contributed by atoms with E-state index in [1.54, 1.807) is 6.07 Å². The number of hydrogen-bond acceptors (Lipinski definition) is 4. The lowest BCUT2D eigenvalue weighted by Crippen LogP contribution is -1.83. The van der Waals surface area contributed by atoms with Gasteiger partial charge in [0.1, 0.15) is 5.75 Å². The number of hydrogen-bond donors (Lipinski definition) is 1. The maximum absolute atomic E-state index is 9.72. The van der Waals surface area contributed by atoms with Gasteiger partial charge in [-0.15, -0.1) is 0 Å². The van der Waals surface area contributed by atoms with Crippen LogP contribution in [0.2, 0.25) is 0 Å². The lowest BCUT2D eigenvalue weighted by molar-refractivity contribution is 0.417. The Kier molecular flexibility index (Phi) is 1.96. The summed E-state index contributed by atoms with van der Waals surface area (Å²) in [6, 6.07) is 5.34. The summed E-state index contributed by atoms with van der Waals surface area (Å²) in [4.78, 5) is 4.31. The van der Waals surface area contributed by atoms with Crippen molar-refractivity contribution in [1.29, 1.82) is 0 Å². The van der Waals surface area contributed by atoms with E-state index in [9.17, 15) is 5.11 Å². The molecule has 0 saturated heterocycles. The van der Waals surface area contributed by atoms with Gasteiger partial charge in [0.05, 0.1) is 5.56 Å². The van der Waals surface area contributed by atoms with Crippen LogP contribution in [-0.4, -0.2) is 15.2 Å². The van der Waals surface area contributed by atoms with E-state index in [1.807, 2.05) is 19.1 Å². The number of nitrogens with zero attached hydrogens (tertiary/aromatic N) is 2. The van der Waals surface area contributed by atoms with Gasteiger partial charge in [-0.2, -0.15) is 4.98 Å². The molecule has 1 N–H and O–H groups in total. The third-order valence-electron chi connectivity index (χ3n) is 2.77. The number of rotatable bonds is 2. The van der Waals surface area contributed by atoms with Gasteiger partial charge in [-0.3, -0.25) is 0 Å². The number of aryl methyl sites for hydroxylation is 1. The van der Waals surface area contributed by atoms with Gasteiger partial charge in [0.2, 0.25) is 0 Å². The van der Waals surface area contributed by atoms with Gasteiger partial charge < -0.3 is 9.63 Å². The molecule has 1 fully saturated rings. The average molecular weight is 216 g/mol. The van der Waals surface area contributed by atoms with E-state index in [-0.39, 0.29) is 5.75 Å². The first kappa shape index (κ1) is 9.39. The minimum atomic E-state index is 0.177. The quantitative estimate of drug-likeness (QED) is 0.838. The number of aromatic hydroxyl groups is 1. The third kappa shape index (κ3) is 1.56. The Morgan fingerprint density at radius 2 is 2.19 bits per heavy atom. The molecule has 1 aliphatic rings. The predicted octanol–water partition coefficient (Wildman–Crippen LogP) is 2.63. The van der Waals surface area contributed by atoms with Gasteiger partial charge in [0, 0.05) is 5.92 Å². The van der Waals surface area contributed by atoms with E-state index in [1.165, 1.54) is 0 Å². The highest BCUT2D eigenvalue weighted by Gasteiger charge is 2.29. The van der Waals surface area contributed by atoms with Crippen LogP contribution in [0, 0.1) is 6.92 Å². The van der Waals surface area contributed by atoms with Gasteiger partial charge in [-0.05, 0) is 31.9 Å². The maximum atomic E-state index is 9.72. The molecule has 0 unspecified atom stereocenters. The van der Waals surface area contributed by atoms with Crippen LogP contribution < -0.4 is 0 Å². The molecular formula is C12H12N2O2. The topological polar surface area (TPSA) is 59.2 Å². The number of phenolic OH excluding ortho intramolecular Hbond substituents is 1. The van der Waals surface area contributed by atoms with Crippen molar-refractivity contribution in [2.75, 3.05) is 0 Å². The molecule has 3 rings (SSSR count). The second kappa shape index (κ2) is 3.33. The molecule has 0 spiro atoms. The highest BCUT2D eigenvalue weighted by atomic mass is 16.5. The normalized spacial score (nSPS) is 15.3. The lowest BCUT2D eigenvalue weighted by Gasteiger charge is -1.99. The lowest BCUT2D eigenvalue weighted by atomic mass is 10.1. The summed E-state index contributed by atoms with van der Waals surface area (Å²) < 4.78 is 5.17. The van der Waals surface area contributed by atoms with Crippen molar-refractivity contribution in [3.63, 3.8) is 0 Å². The van der Waals surface area contributed by atoms with E-state index >= 15 is 0 Å². The smallest absolute Gasteiger partial charge is 0.261 e. The molecule has 2 aromatic rings. The van der Waals surface area contributed by atoms with E-state index in [4.69, 9.17) is 4.52 Å². The first-order chi connectivity index (χ1) is 7.74. The van der Waals surface area contributed by atoms with Gasteiger partial charge in [-0.1, -0.05) is 16.8 Å². The summed E-state index contributed by atoms with van der Waals surface area (Å²) >= 11 is 0. The number of phenols is 1. The van der Waals surface area contributed by atoms with Gasteiger partial charge in [0.25, 0.3) is 5.89 Å². The summed E-state index contributed by atoms with van der Waals surface area (Å²) in [7, 11) is 0. The van der Waals surface area contributed by atoms with Crippen molar-refractivity contribution in [2.24, 2.45) is 0 Å². The molecule has 4 heteroatoms. The van der Waals surface area contributed by atoms with Crippen LogP contribution in [0.25, 0.3) is 11.5 Å². The molecule has 0 radical (unpaired) electrons. The fourth-order valence-corrected chi connectivity index (χ4v) is 1.67. The van der Waals surface area contributed by atoms with Gasteiger partial charge in [-0.25, -0.2) is 0 Å². The fraction of sp³-hybridized carbons (Fsp3) is 0.333. The third-order valence-corrected chi connectivity index (χ3v) is 2.77. The van der Waals surface area contributed by atoms with Gasteiger partial charge in [0.15, 0.2) is 5.82 Å². The first-order valence-electron chi connectivity index (χ1n) is 5.37. The zero-order chi connectivity index (χ0) is 11.1. The molecule has 0 aliphatic heterocycles. The Balaban J connectivity index is 2.03. The van der Waals surface area contributed by atoms with Crippen LogP contribution in [0.5, 0.6) is 5.75 Å². The molecule has 1 aromatic carbocycles. The summed E-state index contributed by atoms with van der Waals surface area (Å²) in [6.07, 6.45) is 2.28. The highest BCUT2D eigenvalue weighted by Crippen LogP contribution is 2.39. The Labute approximate surface area is 92.9 Å². The zero-order valence-electron chi connectivity index (χ0n) is 8.97. The van der Waals surface area contributed by atoms with Crippen molar-refractivity contribution >= 4 is 0 Å². The molecule has 1 saturated carbocycles. The predicted molar refractivity (Wildman–Crippen MR) is 58.1 cm³/mol. The zero-order valence-corrected chi connectivity index (χ0v) is 8.97. The Morgan fingerprint density at radius 1 is 1.38 bits per heavy atom. The molecule has 0 bridgehead atoms. The van der Waals surface area contributed by atoms with Crippen LogP contribution in [-0.2, 0) is 0 Å². The van der Waals surface area contributed by atoms with E-state index < -0.39 is 0 Å². The SMILES string of the molecule is Cc1ccc(O)c(-c2nc(C3CC3)no2)c1. The number of benzene rings is 1. The minimum Gasteiger partial charge on any atom is -0.507 e. The van der Waals surface area contributed by atoms with Crippen molar-refractivity contribution in [2.45, 2.75) is 25.7 Å². The monoisotopic (exact) mass is 216 g/mol. The summed E-state index contributed by atoms with van der Waals surface area (Å²) in [6.45, 7) is 1.96. The minimum absolute atomic E-state index is 0.177. The maximum Gasteiger partial charge on any atom is 0.261 e. The van der Waals surface area contributed by atoms with Crippen molar-refractivity contribution in [3.8, 4) is 17.2 Å². The van der Waals surface area contributed by atoms with Crippen LogP contribution >= 0.6 is 0 Å². The Bertz CT molecular complexity index is 530.